The molecule has 2 fully saturated rings. The number of rotatable bonds is 3. The van der Waals surface area contributed by atoms with Gasteiger partial charge in [0.25, 0.3) is 5.91 Å². The average Bonchev–Trinajstić information content (AvgIpc) is 2.97. The summed E-state index contributed by atoms with van der Waals surface area (Å²) >= 11 is 6.17. The summed E-state index contributed by atoms with van der Waals surface area (Å²) in [6.07, 6.45) is 0.167. The summed E-state index contributed by atoms with van der Waals surface area (Å²) in [4.78, 5) is 30.8. The Kier molecular flexibility index (Phi) is 4.85. The zero-order chi connectivity index (χ0) is 19.0. The Morgan fingerprint density at radius 2 is 1.59 bits per heavy atom. The number of anilines is 2. The maximum absolute atomic E-state index is 13.1. The number of carbonyl (C=O) groups excluding carboxylic acids is 2. The van der Waals surface area contributed by atoms with E-state index >= 15 is 0 Å². The van der Waals surface area contributed by atoms with E-state index in [4.69, 9.17) is 11.6 Å². The van der Waals surface area contributed by atoms with E-state index in [1.807, 2.05) is 0 Å². The standard InChI is InChI=1S/C20H19ClFN3O2/c21-16-3-1-2-4-17(16)25-19(26)13-18(20(25)27)24-11-9-23(10-12-24)15-7-5-14(22)6-8-15/h1-8,18H,9-13H2/t18-/m0/s1. The molecule has 1 atom stereocenters. The van der Waals surface area contributed by atoms with E-state index in [9.17, 15) is 14.0 Å². The van der Waals surface area contributed by atoms with Crippen molar-refractivity contribution >= 4 is 34.8 Å². The van der Waals surface area contributed by atoms with Crippen LogP contribution in [0, 0.1) is 5.82 Å². The number of imide groups is 1. The van der Waals surface area contributed by atoms with Gasteiger partial charge >= 0.3 is 0 Å². The zero-order valence-electron chi connectivity index (χ0n) is 14.6. The minimum Gasteiger partial charge on any atom is -0.369 e. The van der Waals surface area contributed by atoms with Crippen LogP contribution >= 0.6 is 11.6 Å². The highest BCUT2D eigenvalue weighted by molar-refractivity contribution is 6.36. The van der Waals surface area contributed by atoms with Gasteiger partial charge in [-0.05, 0) is 36.4 Å². The van der Waals surface area contributed by atoms with E-state index in [0.717, 1.165) is 18.8 Å². The van der Waals surface area contributed by atoms with Crippen molar-refractivity contribution < 1.29 is 14.0 Å². The molecule has 0 unspecified atom stereocenters. The first-order chi connectivity index (χ1) is 13.0. The monoisotopic (exact) mass is 387 g/mol. The molecule has 2 aliphatic rings. The molecule has 2 heterocycles. The molecule has 4 rings (SSSR count). The lowest BCUT2D eigenvalue weighted by Gasteiger charge is -2.38. The third-order valence-corrected chi connectivity index (χ3v) is 5.48. The summed E-state index contributed by atoms with van der Waals surface area (Å²) in [6, 6.07) is 12.8. The van der Waals surface area contributed by atoms with Crippen molar-refractivity contribution in [3.8, 4) is 0 Å². The van der Waals surface area contributed by atoms with Gasteiger partial charge in [-0.25, -0.2) is 9.29 Å². The average molecular weight is 388 g/mol. The molecule has 7 heteroatoms. The lowest BCUT2D eigenvalue weighted by atomic mass is 10.1. The summed E-state index contributed by atoms with van der Waals surface area (Å²) in [5, 5.41) is 0.390. The highest BCUT2D eigenvalue weighted by atomic mass is 35.5. The lowest BCUT2D eigenvalue weighted by molar-refractivity contribution is -0.123. The molecular weight excluding hydrogens is 369 g/mol. The molecule has 2 aliphatic heterocycles. The Bertz CT molecular complexity index is 866. The zero-order valence-corrected chi connectivity index (χ0v) is 15.4. The van der Waals surface area contributed by atoms with Crippen molar-refractivity contribution in [3.05, 3.63) is 59.4 Å². The van der Waals surface area contributed by atoms with Crippen LogP contribution in [0.1, 0.15) is 6.42 Å². The van der Waals surface area contributed by atoms with E-state index < -0.39 is 6.04 Å². The second kappa shape index (κ2) is 7.29. The first kappa shape index (κ1) is 17.9. The minimum atomic E-state index is -0.454. The van der Waals surface area contributed by atoms with Gasteiger partial charge in [0.15, 0.2) is 0 Å². The van der Waals surface area contributed by atoms with Crippen LogP contribution in [0.3, 0.4) is 0 Å². The quantitative estimate of drug-likeness (QED) is 0.759. The molecule has 27 heavy (non-hydrogen) atoms. The fraction of sp³-hybridized carbons (Fsp3) is 0.300. The number of piperazine rings is 1. The van der Waals surface area contributed by atoms with Gasteiger partial charge < -0.3 is 4.90 Å². The van der Waals surface area contributed by atoms with Crippen molar-refractivity contribution in [2.24, 2.45) is 0 Å². The van der Waals surface area contributed by atoms with E-state index in [1.54, 1.807) is 36.4 Å². The van der Waals surface area contributed by atoms with Crippen LogP contribution in [0.2, 0.25) is 5.02 Å². The topological polar surface area (TPSA) is 43.9 Å². The summed E-state index contributed by atoms with van der Waals surface area (Å²) in [5.41, 5.74) is 1.41. The first-order valence-electron chi connectivity index (χ1n) is 8.90. The third kappa shape index (κ3) is 3.42. The third-order valence-electron chi connectivity index (χ3n) is 5.16. The molecule has 0 N–H and O–H groups in total. The van der Waals surface area contributed by atoms with E-state index in [0.29, 0.717) is 23.8 Å². The van der Waals surface area contributed by atoms with Crippen LogP contribution in [0.25, 0.3) is 0 Å². The summed E-state index contributed by atoms with van der Waals surface area (Å²) in [5.74, 6) is -0.700. The Morgan fingerprint density at radius 1 is 0.926 bits per heavy atom. The highest BCUT2D eigenvalue weighted by Gasteiger charge is 2.43. The van der Waals surface area contributed by atoms with Crippen molar-refractivity contribution in [3.63, 3.8) is 0 Å². The second-order valence-corrected chi connectivity index (χ2v) is 7.15. The van der Waals surface area contributed by atoms with Crippen molar-refractivity contribution in [1.29, 1.82) is 0 Å². The summed E-state index contributed by atoms with van der Waals surface area (Å²) in [7, 11) is 0. The molecule has 2 amide bonds. The minimum absolute atomic E-state index is 0.167. The fourth-order valence-electron chi connectivity index (χ4n) is 3.73. The number of nitrogens with zero attached hydrogens (tertiary/aromatic N) is 3. The number of benzene rings is 2. The van der Waals surface area contributed by atoms with Crippen LogP contribution in [-0.2, 0) is 9.59 Å². The van der Waals surface area contributed by atoms with Gasteiger partial charge in [-0.15, -0.1) is 0 Å². The molecule has 2 aromatic rings. The Morgan fingerprint density at radius 3 is 2.26 bits per heavy atom. The molecule has 0 aliphatic carbocycles. The molecule has 2 saturated heterocycles. The molecule has 0 saturated carbocycles. The number of halogens is 2. The number of hydrogen-bond donors (Lipinski definition) is 0. The van der Waals surface area contributed by atoms with Crippen LogP contribution in [0.4, 0.5) is 15.8 Å². The van der Waals surface area contributed by atoms with Gasteiger partial charge in [0, 0.05) is 31.9 Å². The molecule has 0 aromatic heterocycles. The van der Waals surface area contributed by atoms with Gasteiger partial charge in [0.2, 0.25) is 5.91 Å². The number of para-hydroxylation sites is 1. The summed E-state index contributed by atoms with van der Waals surface area (Å²) < 4.78 is 13.1. The molecular formula is C20H19ClFN3O2. The lowest BCUT2D eigenvalue weighted by Crippen LogP contribution is -2.52. The predicted molar refractivity (Wildman–Crippen MR) is 103 cm³/mol. The molecule has 140 valence electrons. The van der Waals surface area contributed by atoms with Crippen molar-refractivity contribution in [1.82, 2.24) is 4.90 Å². The Hall–Kier alpha value is -2.44. The largest absolute Gasteiger partial charge is 0.369 e. The first-order valence-corrected chi connectivity index (χ1v) is 9.28. The van der Waals surface area contributed by atoms with Gasteiger partial charge in [-0.2, -0.15) is 0 Å². The smallest absolute Gasteiger partial charge is 0.251 e. The molecule has 5 nitrogen and oxygen atoms in total. The van der Waals surface area contributed by atoms with Crippen LogP contribution in [-0.4, -0.2) is 48.9 Å². The molecule has 0 radical (unpaired) electrons. The molecule has 2 aromatic carbocycles. The van der Waals surface area contributed by atoms with Crippen LogP contribution in [0.5, 0.6) is 0 Å². The van der Waals surface area contributed by atoms with Crippen molar-refractivity contribution in [2.75, 3.05) is 36.0 Å². The normalized spacial score (nSPS) is 21.2. The number of carbonyl (C=O) groups is 2. The Balaban J connectivity index is 1.45. The fourth-order valence-corrected chi connectivity index (χ4v) is 3.95. The summed E-state index contributed by atoms with van der Waals surface area (Å²) in [6.45, 7) is 2.76. The molecule has 0 bridgehead atoms. The maximum Gasteiger partial charge on any atom is 0.251 e. The highest BCUT2D eigenvalue weighted by Crippen LogP contribution is 2.31. The van der Waals surface area contributed by atoms with Crippen molar-refractivity contribution in [2.45, 2.75) is 12.5 Å². The van der Waals surface area contributed by atoms with E-state index in [-0.39, 0.29) is 24.1 Å². The van der Waals surface area contributed by atoms with E-state index in [1.165, 1.54) is 17.0 Å². The van der Waals surface area contributed by atoms with Gasteiger partial charge in [0.05, 0.1) is 23.2 Å². The number of hydrogen-bond acceptors (Lipinski definition) is 4. The number of amides is 2. The van der Waals surface area contributed by atoms with Gasteiger partial charge in [0.1, 0.15) is 5.82 Å². The predicted octanol–water partition coefficient (Wildman–Crippen LogP) is 2.93. The SMILES string of the molecule is O=C1C[C@H](N2CCN(c3ccc(F)cc3)CC2)C(=O)N1c1ccccc1Cl. The van der Waals surface area contributed by atoms with Crippen LogP contribution in [0.15, 0.2) is 48.5 Å². The second-order valence-electron chi connectivity index (χ2n) is 6.74. The Labute approximate surface area is 161 Å². The van der Waals surface area contributed by atoms with Gasteiger partial charge in [-0.1, -0.05) is 23.7 Å². The van der Waals surface area contributed by atoms with E-state index in [2.05, 4.69) is 9.80 Å². The molecule has 0 spiro atoms. The maximum atomic E-state index is 13.1. The van der Waals surface area contributed by atoms with Gasteiger partial charge in [-0.3, -0.25) is 14.5 Å². The van der Waals surface area contributed by atoms with Crippen LogP contribution < -0.4 is 9.80 Å².